The summed E-state index contributed by atoms with van der Waals surface area (Å²) >= 11 is 0. The van der Waals surface area contributed by atoms with Crippen molar-refractivity contribution in [3.63, 3.8) is 0 Å². The van der Waals surface area contributed by atoms with Crippen LogP contribution < -0.4 is 0 Å². The molecule has 0 amide bonds. The van der Waals surface area contributed by atoms with E-state index in [0.29, 0.717) is 11.7 Å². The highest BCUT2D eigenvalue weighted by Crippen LogP contribution is 2.10. The van der Waals surface area contributed by atoms with Crippen LogP contribution in [-0.4, -0.2) is 5.11 Å². The van der Waals surface area contributed by atoms with Gasteiger partial charge in [-0.15, -0.1) is 0 Å². The Labute approximate surface area is 75.1 Å². The molecule has 12 heavy (non-hydrogen) atoms. The molecule has 68 valence electrons. The third kappa shape index (κ3) is 5.78. The molecule has 0 unspecified atom stereocenters. The molecular weight excluding hydrogens is 148 g/mol. The molecule has 0 saturated heterocycles. The Bertz CT molecular complexity index is 197. The molecule has 0 aliphatic heterocycles. The summed E-state index contributed by atoms with van der Waals surface area (Å²) in [5.41, 5.74) is 1.05. The van der Waals surface area contributed by atoms with E-state index in [1.54, 1.807) is 19.1 Å². The third-order valence-electron chi connectivity index (χ3n) is 1.46. The molecular formula is C11H18O. The molecule has 1 heteroatoms. The van der Waals surface area contributed by atoms with Crippen LogP contribution in [0.25, 0.3) is 0 Å². The van der Waals surface area contributed by atoms with Crippen molar-refractivity contribution in [1.29, 1.82) is 0 Å². The van der Waals surface area contributed by atoms with Crippen molar-refractivity contribution in [3.8, 4) is 0 Å². The second-order valence-electron chi connectivity index (χ2n) is 3.30. The van der Waals surface area contributed by atoms with E-state index in [1.807, 2.05) is 6.08 Å². The molecule has 0 saturated carbocycles. The van der Waals surface area contributed by atoms with Crippen molar-refractivity contribution in [2.24, 2.45) is 5.92 Å². The molecule has 0 fully saturated rings. The van der Waals surface area contributed by atoms with Crippen LogP contribution in [0.2, 0.25) is 0 Å². The number of allylic oxidation sites excluding steroid dienone is 4. The predicted molar refractivity (Wildman–Crippen MR) is 54.1 cm³/mol. The minimum atomic E-state index is 0.292. The average molecular weight is 166 g/mol. The maximum absolute atomic E-state index is 9.07. The molecule has 1 nitrogen and oxygen atoms in total. The highest BCUT2D eigenvalue weighted by atomic mass is 16.3. The maximum atomic E-state index is 9.07. The van der Waals surface area contributed by atoms with Crippen molar-refractivity contribution in [2.45, 2.75) is 27.2 Å². The second kappa shape index (κ2) is 5.64. The normalized spacial score (nSPS) is 12.8. The monoisotopic (exact) mass is 166 g/mol. The zero-order valence-electron chi connectivity index (χ0n) is 8.17. The Morgan fingerprint density at radius 1 is 1.42 bits per heavy atom. The molecule has 0 aliphatic carbocycles. The van der Waals surface area contributed by atoms with Gasteiger partial charge < -0.3 is 5.11 Å². The minimum absolute atomic E-state index is 0.292. The Morgan fingerprint density at radius 3 is 2.42 bits per heavy atom. The van der Waals surface area contributed by atoms with Crippen LogP contribution in [0.5, 0.6) is 0 Å². The number of rotatable bonds is 4. The summed E-state index contributed by atoms with van der Waals surface area (Å²) in [6.45, 7) is 9.97. The van der Waals surface area contributed by atoms with E-state index in [2.05, 4.69) is 20.4 Å². The van der Waals surface area contributed by atoms with Crippen LogP contribution in [0.4, 0.5) is 0 Å². The zero-order chi connectivity index (χ0) is 9.56. The lowest BCUT2D eigenvalue weighted by atomic mass is 10.0. The Kier molecular flexibility index (Phi) is 5.18. The first-order valence-corrected chi connectivity index (χ1v) is 4.27. The highest BCUT2D eigenvalue weighted by Gasteiger charge is 1.94. The first-order chi connectivity index (χ1) is 5.56. The van der Waals surface area contributed by atoms with E-state index in [9.17, 15) is 0 Å². The quantitative estimate of drug-likeness (QED) is 0.499. The Morgan fingerprint density at radius 2 is 2.00 bits per heavy atom. The van der Waals surface area contributed by atoms with Gasteiger partial charge in [-0.3, -0.25) is 0 Å². The summed E-state index contributed by atoms with van der Waals surface area (Å²) in [5.74, 6) is 0.912. The van der Waals surface area contributed by atoms with Gasteiger partial charge in [0, 0.05) is 0 Å². The summed E-state index contributed by atoms with van der Waals surface area (Å²) in [5, 5.41) is 9.07. The van der Waals surface area contributed by atoms with Gasteiger partial charge in [-0.05, 0) is 31.4 Å². The van der Waals surface area contributed by atoms with Crippen molar-refractivity contribution in [1.82, 2.24) is 0 Å². The SMILES string of the molecule is C=C(/C=C\C(O)=C/C)CC(C)C. The van der Waals surface area contributed by atoms with Gasteiger partial charge >= 0.3 is 0 Å². The van der Waals surface area contributed by atoms with Gasteiger partial charge in [-0.1, -0.05) is 32.1 Å². The number of aliphatic hydroxyl groups excluding tert-OH is 1. The Hall–Kier alpha value is -0.980. The largest absolute Gasteiger partial charge is 0.508 e. The molecule has 1 N–H and O–H groups in total. The number of aliphatic hydroxyl groups is 1. The van der Waals surface area contributed by atoms with Crippen LogP contribution in [0.3, 0.4) is 0 Å². The smallest absolute Gasteiger partial charge is 0.111 e. The fraction of sp³-hybridized carbons (Fsp3) is 0.455. The van der Waals surface area contributed by atoms with Crippen LogP contribution in [-0.2, 0) is 0 Å². The maximum Gasteiger partial charge on any atom is 0.111 e. The van der Waals surface area contributed by atoms with Crippen molar-refractivity contribution >= 4 is 0 Å². The van der Waals surface area contributed by atoms with E-state index in [-0.39, 0.29) is 0 Å². The van der Waals surface area contributed by atoms with E-state index >= 15 is 0 Å². The van der Waals surface area contributed by atoms with E-state index < -0.39 is 0 Å². The predicted octanol–water partition coefficient (Wildman–Crippen LogP) is 3.61. The fourth-order valence-corrected chi connectivity index (χ4v) is 0.892. The summed E-state index contributed by atoms with van der Waals surface area (Å²) < 4.78 is 0. The van der Waals surface area contributed by atoms with Crippen molar-refractivity contribution in [3.05, 3.63) is 36.1 Å². The van der Waals surface area contributed by atoms with E-state index in [4.69, 9.17) is 5.11 Å². The minimum Gasteiger partial charge on any atom is -0.508 e. The molecule has 0 heterocycles. The van der Waals surface area contributed by atoms with E-state index in [1.165, 1.54) is 0 Å². The molecule has 0 spiro atoms. The third-order valence-corrected chi connectivity index (χ3v) is 1.46. The first-order valence-electron chi connectivity index (χ1n) is 4.27. The lowest BCUT2D eigenvalue weighted by Gasteiger charge is -2.02. The number of hydrogen-bond donors (Lipinski definition) is 1. The molecule has 0 aromatic heterocycles. The summed E-state index contributed by atoms with van der Waals surface area (Å²) in [4.78, 5) is 0. The van der Waals surface area contributed by atoms with Gasteiger partial charge in [0.2, 0.25) is 0 Å². The van der Waals surface area contributed by atoms with Crippen LogP contribution in [0, 0.1) is 5.92 Å². The van der Waals surface area contributed by atoms with Crippen LogP contribution >= 0.6 is 0 Å². The standard InChI is InChI=1S/C11H18O/c1-5-11(12)7-6-10(4)8-9(2)3/h5-7,9,12H,4,8H2,1-3H3/b7-6-,11-5+. The number of hydrogen-bond acceptors (Lipinski definition) is 1. The van der Waals surface area contributed by atoms with Crippen molar-refractivity contribution < 1.29 is 5.11 Å². The highest BCUT2D eigenvalue weighted by molar-refractivity contribution is 5.21. The molecule has 0 radical (unpaired) electrons. The van der Waals surface area contributed by atoms with Crippen LogP contribution in [0.1, 0.15) is 27.2 Å². The second-order valence-corrected chi connectivity index (χ2v) is 3.30. The van der Waals surface area contributed by atoms with Crippen molar-refractivity contribution in [2.75, 3.05) is 0 Å². The summed E-state index contributed by atoms with van der Waals surface area (Å²) in [6, 6.07) is 0. The van der Waals surface area contributed by atoms with Crippen LogP contribution in [0.15, 0.2) is 36.1 Å². The molecule has 0 aromatic rings. The zero-order valence-corrected chi connectivity index (χ0v) is 8.17. The molecule has 0 aliphatic rings. The first kappa shape index (κ1) is 11.0. The molecule has 0 atom stereocenters. The van der Waals surface area contributed by atoms with Gasteiger partial charge in [0.25, 0.3) is 0 Å². The fourth-order valence-electron chi connectivity index (χ4n) is 0.892. The van der Waals surface area contributed by atoms with Gasteiger partial charge in [0.05, 0.1) is 0 Å². The molecule has 0 aromatic carbocycles. The lowest BCUT2D eigenvalue weighted by molar-refractivity contribution is 0.431. The topological polar surface area (TPSA) is 20.2 Å². The van der Waals surface area contributed by atoms with E-state index in [0.717, 1.165) is 12.0 Å². The molecule has 0 rings (SSSR count). The average Bonchev–Trinajstić information content (AvgIpc) is 1.99. The van der Waals surface area contributed by atoms with Gasteiger partial charge in [0.15, 0.2) is 0 Å². The molecule has 0 bridgehead atoms. The van der Waals surface area contributed by atoms with Gasteiger partial charge in [-0.25, -0.2) is 0 Å². The summed E-state index contributed by atoms with van der Waals surface area (Å²) in [7, 11) is 0. The Balaban J connectivity index is 3.92. The van der Waals surface area contributed by atoms with Gasteiger partial charge in [0.1, 0.15) is 5.76 Å². The lowest BCUT2D eigenvalue weighted by Crippen LogP contribution is -1.87. The van der Waals surface area contributed by atoms with Gasteiger partial charge in [-0.2, -0.15) is 0 Å². The summed E-state index contributed by atoms with van der Waals surface area (Å²) in [6.07, 6.45) is 6.16.